The van der Waals surface area contributed by atoms with Crippen molar-refractivity contribution in [3.8, 4) is 0 Å². The molecular formula is C12H15F4NO. The molecule has 2 nitrogen and oxygen atoms in total. The molecule has 3 N–H and O–H groups in total. The van der Waals surface area contributed by atoms with Crippen LogP contribution in [0.2, 0.25) is 0 Å². The summed E-state index contributed by atoms with van der Waals surface area (Å²) in [5.41, 5.74) is 4.47. The summed E-state index contributed by atoms with van der Waals surface area (Å²) in [4.78, 5) is 0. The Morgan fingerprint density at radius 3 is 2.39 bits per heavy atom. The third-order valence-corrected chi connectivity index (χ3v) is 2.63. The molecule has 0 aliphatic heterocycles. The molecule has 0 aliphatic carbocycles. The summed E-state index contributed by atoms with van der Waals surface area (Å²) < 4.78 is 50.6. The third-order valence-electron chi connectivity index (χ3n) is 2.63. The summed E-state index contributed by atoms with van der Waals surface area (Å²) in [5, 5.41) is 9.63. The maximum Gasteiger partial charge on any atom is 0.416 e. The van der Waals surface area contributed by atoms with Crippen molar-refractivity contribution >= 4 is 0 Å². The van der Waals surface area contributed by atoms with Crippen LogP contribution in [-0.4, -0.2) is 11.2 Å². The summed E-state index contributed by atoms with van der Waals surface area (Å²) in [6, 6.07) is 1.06. The van der Waals surface area contributed by atoms with Crippen LogP contribution in [0.4, 0.5) is 17.6 Å². The Morgan fingerprint density at radius 2 is 1.89 bits per heavy atom. The minimum Gasteiger partial charge on any atom is -0.391 e. The second kappa shape index (κ2) is 5.67. The average Bonchev–Trinajstić information content (AvgIpc) is 2.26. The highest BCUT2D eigenvalue weighted by Crippen LogP contribution is 2.32. The lowest BCUT2D eigenvalue weighted by Gasteiger charge is -2.20. The van der Waals surface area contributed by atoms with Gasteiger partial charge in [-0.15, -0.1) is 0 Å². The lowest BCUT2D eigenvalue weighted by Crippen LogP contribution is -2.26. The van der Waals surface area contributed by atoms with E-state index < -0.39 is 29.7 Å². The fraction of sp³-hybridized carbons (Fsp3) is 0.500. The Hall–Kier alpha value is -1.14. The number of hydrogen-bond donors (Lipinski definition) is 2. The zero-order valence-electron chi connectivity index (χ0n) is 9.84. The minimum atomic E-state index is -4.63. The van der Waals surface area contributed by atoms with Crippen molar-refractivity contribution in [3.05, 3.63) is 35.1 Å². The predicted molar refractivity (Wildman–Crippen MR) is 59.2 cm³/mol. The Balaban J connectivity index is 3.06. The van der Waals surface area contributed by atoms with E-state index in [1.807, 2.05) is 6.92 Å². The van der Waals surface area contributed by atoms with Gasteiger partial charge in [0.1, 0.15) is 5.82 Å². The second-order valence-corrected chi connectivity index (χ2v) is 4.15. The van der Waals surface area contributed by atoms with Crippen LogP contribution in [0.15, 0.2) is 18.2 Å². The molecule has 0 fully saturated rings. The number of hydrogen-bond acceptors (Lipinski definition) is 2. The van der Waals surface area contributed by atoms with E-state index in [2.05, 4.69) is 0 Å². The molecule has 102 valence electrons. The van der Waals surface area contributed by atoms with Gasteiger partial charge in [-0.25, -0.2) is 4.39 Å². The number of alkyl halides is 3. The SMILES string of the molecule is CCC[C@H](O)[C@H](N)c1cc(F)cc(C(F)(F)F)c1. The molecular weight excluding hydrogens is 250 g/mol. The summed E-state index contributed by atoms with van der Waals surface area (Å²) in [5.74, 6) is -1.01. The molecule has 0 saturated carbocycles. The van der Waals surface area contributed by atoms with Crippen molar-refractivity contribution in [2.75, 3.05) is 0 Å². The monoisotopic (exact) mass is 265 g/mol. The molecule has 18 heavy (non-hydrogen) atoms. The maximum absolute atomic E-state index is 13.1. The smallest absolute Gasteiger partial charge is 0.391 e. The van der Waals surface area contributed by atoms with Crippen molar-refractivity contribution < 1.29 is 22.7 Å². The molecule has 6 heteroatoms. The Labute approximate surface area is 102 Å². The molecule has 0 amide bonds. The maximum atomic E-state index is 13.1. The van der Waals surface area contributed by atoms with Gasteiger partial charge < -0.3 is 10.8 Å². The van der Waals surface area contributed by atoms with E-state index in [0.29, 0.717) is 18.9 Å². The highest BCUT2D eigenvalue weighted by Gasteiger charge is 2.32. The van der Waals surface area contributed by atoms with Gasteiger partial charge >= 0.3 is 6.18 Å². The Morgan fingerprint density at radius 1 is 1.28 bits per heavy atom. The molecule has 0 radical (unpaired) electrons. The first kappa shape index (κ1) is 14.9. The van der Waals surface area contributed by atoms with Gasteiger partial charge in [0.05, 0.1) is 17.7 Å². The molecule has 0 aromatic heterocycles. The van der Waals surface area contributed by atoms with Gasteiger partial charge in [0.15, 0.2) is 0 Å². The second-order valence-electron chi connectivity index (χ2n) is 4.15. The van der Waals surface area contributed by atoms with E-state index >= 15 is 0 Å². The Bertz CT molecular complexity index is 406. The van der Waals surface area contributed by atoms with E-state index in [9.17, 15) is 22.7 Å². The largest absolute Gasteiger partial charge is 0.416 e. The normalized spacial score (nSPS) is 15.5. The van der Waals surface area contributed by atoms with Crippen LogP contribution < -0.4 is 5.73 Å². The van der Waals surface area contributed by atoms with Crippen LogP contribution in [0.3, 0.4) is 0 Å². The number of rotatable bonds is 4. The quantitative estimate of drug-likeness (QED) is 0.822. The van der Waals surface area contributed by atoms with Crippen molar-refractivity contribution in [1.82, 2.24) is 0 Å². The summed E-state index contributed by atoms with van der Waals surface area (Å²) in [7, 11) is 0. The van der Waals surface area contributed by atoms with Crippen LogP contribution in [-0.2, 0) is 6.18 Å². The summed E-state index contributed by atoms with van der Waals surface area (Å²) in [6.07, 6.45) is -4.64. The van der Waals surface area contributed by atoms with Gasteiger partial charge in [0.2, 0.25) is 0 Å². The molecule has 0 heterocycles. The minimum absolute atomic E-state index is 0.0525. The Kier molecular flexibility index (Phi) is 4.70. The highest BCUT2D eigenvalue weighted by atomic mass is 19.4. The lowest BCUT2D eigenvalue weighted by atomic mass is 9.97. The fourth-order valence-electron chi connectivity index (χ4n) is 1.67. The van der Waals surface area contributed by atoms with Crippen molar-refractivity contribution in [1.29, 1.82) is 0 Å². The zero-order valence-corrected chi connectivity index (χ0v) is 9.84. The van der Waals surface area contributed by atoms with Gasteiger partial charge in [0.25, 0.3) is 0 Å². The highest BCUT2D eigenvalue weighted by molar-refractivity contribution is 5.29. The predicted octanol–water partition coefficient (Wildman–Crippen LogP) is 3.01. The lowest BCUT2D eigenvalue weighted by molar-refractivity contribution is -0.137. The van der Waals surface area contributed by atoms with E-state index in [1.165, 1.54) is 0 Å². The fourth-order valence-corrected chi connectivity index (χ4v) is 1.67. The summed E-state index contributed by atoms with van der Waals surface area (Å²) in [6.45, 7) is 1.81. The molecule has 0 spiro atoms. The molecule has 2 atom stereocenters. The first-order valence-corrected chi connectivity index (χ1v) is 5.57. The average molecular weight is 265 g/mol. The first-order chi connectivity index (χ1) is 8.25. The molecule has 0 saturated heterocycles. The van der Waals surface area contributed by atoms with Crippen LogP contribution in [0.25, 0.3) is 0 Å². The van der Waals surface area contributed by atoms with Crippen LogP contribution in [0.1, 0.15) is 36.9 Å². The molecule has 0 bridgehead atoms. The van der Waals surface area contributed by atoms with Crippen molar-refractivity contribution in [2.45, 2.75) is 38.1 Å². The standard InChI is InChI=1S/C12H15F4NO/c1-2-3-10(18)11(17)7-4-8(12(14,15)16)6-9(13)5-7/h4-6,10-11,18H,2-3,17H2,1H3/t10-,11+/m0/s1. The van der Waals surface area contributed by atoms with Gasteiger partial charge in [-0.3, -0.25) is 0 Å². The van der Waals surface area contributed by atoms with Gasteiger partial charge in [-0.1, -0.05) is 13.3 Å². The van der Waals surface area contributed by atoms with Gasteiger partial charge in [-0.05, 0) is 30.2 Å². The van der Waals surface area contributed by atoms with Crippen molar-refractivity contribution in [2.24, 2.45) is 5.73 Å². The van der Waals surface area contributed by atoms with E-state index in [1.54, 1.807) is 0 Å². The number of aliphatic hydroxyl groups excluding tert-OH is 1. The molecule has 1 aromatic carbocycles. The van der Waals surface area contributed by atoms with Crippen molar-refractivity contribution in [3.63, 3.8) is 0 Å². The molecule has 0 unspecified atom stereocenters. The van der Waals surface area contributed by atoms with Gasteiger partial charge in [0, 0.05) is 0 Å². The van der Waals surface area contributed by atoms with Crippen LogP contribution in [0.5, 0.6) is 0 Å². The first-order valence-electron chi connectivity index (χ1n) is 5.57. The van der Waals surface area contributed by atoms with E-state index in [0.717, 1.165) is 12.1 Å². The topological polar surface area (TPSA) is 46.2 Å². The number of benzene rings is 1. The zero-order chi connectivity index (χ0) is 13.9. The summed E-state index contributed by atoms with van der Waals surface area (Å²) >= 11 is 0. The number of halogens is 4. The number of aliphatic hydroxyl groups is 1. The van der Waals surface area contributed by atoms with E-state index in [-0.39, 0.29) is 5.56 Å². The van der Waals surface area contributed by atoms with E-state index in [4.69, 9.17) is 5.73 Å². The van der Waals surface area contributed by atoms with Crippen LogP contribution >= 0.6 is 0 Å². The third kappa shape index (κ3) is 3.68. The molecule has 0 aliphatic rings. The van der Waals surface area contributed by atoms with Crippen LogP contribution in [0, 0.1) is 5.82 Å². The number of nitrogens with two attached hydrogens (primary N) is 1. The molecule has 1 rings (SSSR count). The van der Waals surface area contributed by atoms with Gasteiger partial charge in [-0.2, -0.15) is 13.2 Å². The molecule has 1 aromatic rings.